The second kappa shape index (κ2) is 10.4. The van der Waals surface area contributed by atoms with Gasteiger partial charge in [0.25, 0.3) is 0 Å². The minimum absolute atomic E-state index is 0.212. The van der Waals surface area contributed by atoms with E-state index in [0.717, 1.165) is 22.3 Å². The zero-order chi connectivity index (χ0) is 24.0. The van der Waals surface area contributed by atoms with Crippen LogP contribution < -0.4 is 11.1 Å². The minimum atomic E-state index is -1.19. The highest BCUT2D eigenvalue weighted by Gasteiger charge is 2.44. The lowest BCUT2D eigenvalue weighted by atomic mass is 9.68. The second-order valence-electron chi connectivity index (χ2n) is 7.93. The number of rotatable bonds is 8. The number of halogens is 1. The standard InChI is InChI=1S/C28H24BrN3O2/c29-25-20(11-10-18-31-25)19-24(26(30)33)32-27(34)28(21-12-4-1-5-13-21,22-14-6-2-7-15-22)23-16-8-3-9-17-23/h1-18,24H,19H2,(H2,30,33)(H,32,34)/t24-/m0/s1. The fraction of sp³-hybridized carbons (Fsp3) is 0.107. The van der Waals surface area contributed by atoms with E-state index >= 15 is 0 Å². The lowest BCUT2D eigenvalue weighted by Gasteiger charge is -2.35. The summed E-state index contributed by atoms with van der Waals surface area (Å²) in [5, 5.41) is 2.97. The summed E-state index contributed by atoms with van der Waals surface area (Å²) in [7, 11) is 0. The van der Waals surface area contributed by atoms with Crippen LogP contribution in [0.15, 0.2) is 114 Å². The Hall–Kier alpha value is -3.77. The molecule has 5 nitrogen and oxygen atoms in total. The zero-order valence-electron chi connectivity index (χ0n) is 18.4. The molecule has 3 N–H and O–H groups in total. The Bertz CT molecular complexity index is 1170. The second-order valence-corrected chi connectivity index (χ2v) is 8.69. The Morgan fingerprint density at radius 1 is 0.794 bits per heavy atom. The minimum Gasteiger partial charge on any atom is -0.368 e. The van der Waals surface area contributed by atoms with E-state index in [1.807, 2.05) is 97.1 Å². The summed E-state index contributed by atoms with van der Waals surface area (Å²) in [5.41, 5.74) is 7.70. The molecule has 0 aliphatic heterocycles. The van der Waals surface area contributed by atoms with Gasteiger partial charge in [0.05, 0.1) is 0 Å². The molecule has 3 aromatic carbocycles. The molecular weight excluding hydrogens is 490 g/mol. The Balaban J connectivity index is 1.85. The van der Waals surface area contributed by atoms with Crippen molar-refractivity contribution >= 4 is 27.7 Å². The Morgan fingerprint density at radius 3 is 1.68 bits per heavy atom. The van der Waals surface area contributed by atoms with Crippen molar-refractivity contribution in [1.82, 2.24) is 10.3 Å². The molecule has 1 heterocycles. The molecule has 1 atom stereocenters. The first kappa shape index (κ1) is 23.4. The van der Waals surface area contributed by atoms with Crippen molar-refractivity contribution in [2.24, 2.45) is 5.73 Å². The van der Waals surface area contributed by atoms with E-state index in [1.54, 1.807) is 12.3 Å². The average molecular weight is 514 g/mol. The van der Waals surface area contributed by atoms with Gasteiger partial charge in [-0.05, 0) is 44.3 Å². The molecule has 34 heavy (non-hydrogen) atoms. The predicted molar refractivity (Wildman–Crippen MR) is 136 cm³/mol. The van der Waals surface area contributed by atoms with Gasteiger partial charge < -0.3 is 11.1 Å². The molecule has 170 valence electrons. The maximum absolute atomic E-state index is 14.3. The molecule has 4 aromatic rings. The molecule has 0 radical (unpaired) electrons. The molecule has 4 rings (SSSR count). The van der Waals surface area contributed by atoms with Crippen LogP contribution in [0.2, 0.25) is 0 Å². The number of nitrogens with zero attached hydrogens (tertiary/aromatic N) is 1. The van der Waals surface area contributed by atoms with E-state index < -0.39 is 17.4 Å². The highest BCUT2D eigenvalue weighted by atomic mass is 79.9. The lowest BCUT2D eigenvalue weighted by molar-refractivity contribution is -0.129. The van der Waals surface area contributed by atoms with Crippen molar-refractivity contribution in [3.8, 4) is 0 Å². The van der Waals surface area contributed by atoms with Crippen molar-refractivity contribution in [3.63, 3.8) is 0 Å². The number of nitrogens with two attached hydrogens (primary N) is 1. The fourth-order valence-electron chi connectivity index (χ4n) is 4.24. The predicted octanol–water partition coefficient (Wildman–Crippen LogP) is 4.39. The number of nitrogens with one attached hydrogen (secondary N) is 1. The van der Waals surface area contributed by atoms with E-state index in [-0.39, 0.29) is 12.3 Å². The number of carbonyl (C=O) groups excluding carboxylic acids is 2. The monoisotopic (exact) mass is 513 g/mol. The van der Waals surface area contributed by atoms with Crippen LogP contribution in [0.25, 0.3) is 0 Å². The average Bonchev–Trinajstić information content (AvgIpc) is 2.87. The molecule has 0 unspecified atom stereocenters. The maximum Gasteiger partial charge on any atom is 0.240 e. The first-order valence-corrected chi connectivity index (χ1v) is 11.7. The van der Waals surface area contributed by atoms with Crippen LogP contribution in [0, 0.1) is 0 Å². The molecule has 0 bridgehead atoms. The summed E-state index contributed by atoms with van der Waals surface area (Å²) in [6, 6.07) is 31.4. The number of carbonyl (C=O) groups is 2. The Labute approximate surface area is 207 Å². The van der Waals surface area contributed by atoms with Gasteiger partial charge in [0.2, 0.25) is 11.8 Å². The molecule has 0 aliphatic carbocycles. The number of primary amides is 1. The summed E-state index contributed by atoms with van der Waals surface area (Å²) in [4.78, 5) is 31.0. The highest BCUT2D eigenvalue weighted by molar-refractivity contribution is 9.10. The SMILES string of the molecule is NC(=O)[C@H](Cc1cccnc1Br)NC(=O)C(c1ccccc1)(c1ccccc1)c1ccccc1. The van der Waals surface area contributed by atoms with E-state index in [0.29, 0.717) is 4.60 Å². The number of pyridine rings is 1. The number of benzene rings is 3. The molecular formula is C28H24BrN3O2. The zero-order valence-corrected chi connectivity index (χ0v) is 20.0. The molecule has 1 aromatic heterocycles. The summed E-state index contributed by atoms with van der Waals surface area (Å²) in [6.45, 7) is 0. The molecule has 0 fully saturated rings. The Morgan fingerprint density at radius 2 is 1.26 bits per heavy atom. The number of aromatic nitrogens is 1. The van der Waals surface area contributed by atoms with Crippen LogP contribution >= 0.6 is 15.9 Å². The van der Waals surface area contributed by atoms with Gasteiger partial charge in [0.15, 0.2) is 0 Å². The third kappa shape index (κ3) is 4.63. The summed E-state index contributed by atoms with van der Waals surface area (Å²) in [5.74, 6) is -0.952. The molecule has 0 saturated carbocycles. The molecule has 0 saturated heterocycles. The summed E-state index contributed by atoms with van der Waals surface area (Å²) >= 11 is 3.41. The van der Waals surface area contributed by atoms with Crippen LogP contribution in [0.1, 0.15) is 22.3 Å². The van der Waals surface area contributed by atoms with Crippen molar-refractivity contribution in [2.45, 2.75) is 17.9 Å². The molecule has 0 spiro atoms. The largest absolute Gasteiger partial charge is 0.368 e. The third-order valence-electron chi connectivity index (χ3n) is 5.87. The van der Waals surface area contributed by atoms with Gasteiger partial charge in [-0.25, -0.2) is 4.98 Å². The van der Waals surface area contributed by atoms with Crippen LogP contribution in [0.5, 0.6) is 0 Å². The first-order chi connectivity index (χ1) is 16.5. The van der Waals surface area contributed by atoms with Gasteiger partial charge in [-0.2, -0.15) is 0 Å². The van der Waals surface area contributed by atoms with E-state index in [2.05, 4.69) is 26.2 Å². The van der Waals surface area contributed by atoms with Crippen molar-refractivity contribution in [1.29, 1.82) is 0 Å². The Kier molecular flexibility index (Phi) is 7.18. The van der Waals surface area contributed by atoms with Gasteiger partial charge in [0, 0.05) is 12.6 Å². The van der Waals surface area contributed by atoms with E-state index in [9.17, 15) is 9.59 Å². The lowest BCUT2D eigenvalue weighted by Crippen LogP contribution is -2.54. The van der Waals surface area contributed by atoms with Gasteiger partial charge in [-0.3, -0.25) is 9.59 Å². The van der Waals surface area contributed by atoms with Crippen LogP contribution in [-0.4, -0.2) is 22.8 Å². The number of hydrogen-bond acceptors (Lipinski definition) is 3. The smallest absolute Gasteiger partial charge is 0.240 e. The van der Waals surface area contributed by atoms with Gasteiger partial charge in [0.1, 0.15) is 16.1 Å². The normalized spacial score (nSPS) is 12.0. The quantitative estimate of drug-likeness (QED) is 0.270. The van der Waals surface area contributed by atoms with Gasteiger partial charge >= 0.3 is 0 Å². The van der Waals surface area contributed by atoms with Crippen LogP contribution in [0.4, 0.5) is 0 Å². The van der Waals surface area contributed by atoms with Crippen molar-refractivity contribution in [2.75, 3.05) is 0 Å². The van der Waals surface area contributed by atoms with Crippen molar-refractivity contribution in [3.05, 3.63) is 136 Å². The van der Waals surface area contributed by atoms with Crippen molar-refractivity contribution < 1.29 is 9.59 Å². The van der Waals surface area contributed by atoms with E-state index in [4.69, 9.17) is 5.73 Å². The third-order valence-corrected chi connectivity index (χ3v) is 6.58. The first-order valence-electron chi connectivity index (χ1n) is 10.9. The van der Waals surface area contributed by atoms with Crippen LogP contribution in [0.3, 0.4) is 0 Å². The topological polar surface area (TPSA) is 85.1 Å². The van der Waals surface area contributed by atoms with Crippen LogP contribution in [-0.2, 0) is 21.4 Å². The van der Waals surface area contributed by atoms with E-state index in [1.165, 1.54) is 0 Å². The summed E-state index contributed by atoms with van der Waals surface area (Å²) in [6.07, 6.45) is 1.86. The van der Waals surface area contributed by atoms with Gasteiger partial charge in [-0.1, -0.05) is 97.1 Å². The highest BCUT2D eigenvalue weighted by Crippen LogP contribution is 2.39. The number of hydrogen-bond donors (Lipinski definition) is 2. The number of amides is 2. The molecule has 2 amide bonds. The van der Waals surface area contributed by atoms with Gasteiger partial charge in [-0.15, -0.1) is 0 Å². The molecule has 0 aliphatic rings. The fourth-order valence-corrected chi connectivity index (χ4v) is 4.65. The maximum atomic E-state index is 14.3. The molecule has 6 heteroatoms. The summed E-state index contributed by atoms with van der Waals surface area (Å²) < 4.78 is 0.607.